The monoisotopic (exact) mass is 328 g/mol. The Bertz CT molecular complexity index is 840. The van der Waals surface area contributed by atoms with E-state index in [0.29, 0.717) is 16.9 Å². The number of carbonyl (C=O) groups is 2. The molecule has 0 aliphatic carbocycles. The van der Waals surface area contributed by atoms with Crippen LogP contribution in [0.5, 0.6) is 23.0 Å². The summed E-state index contributed by atoms with van der Waals surface area (Å²) in [6.45, 7) is 1.35. The first-order valence-electron chi connectivity index (χ1n) is 7.36. The number of carbonyl (C=O) groups excluding carboxylic acids is 2. The molecule has 6 heteroatoms. The van der Waals surface area contributed by atoms with Crippen LogP contribution >= 0.6 is 0 Å². The number of hydrogen-bond acceptors (Lipinski definition) is 6. The van der Waals surface area contributed by atoms with E-state index >= 15 is 0 Å². The molecule has 0 amide bonds. The van der Waals surface area contributed by atoms with E-state index in [0.717, 1.165) is 0 Å². The van der Waals surface area contributed by atoms with Crippen molar-refractivity contribution in [2.45, 2.75) is 19.3 Å². The fourth-order valence-electron chi connectivity index (χ4n) is 2.94. The van der Waals surface area contributed by atoms with E-state index in [9.17, 15) is 19.8 Å². The molecule has 1 aliphatic rings. The summed E-state index contributed by atoms with van der Waals surface area (Å²) < 4.78 is 10.2. The Kier molecular flexibility index (Phi) is 3.89. The highest BCUT2D eigenvalue weighted by molar-refractivity contribution is 5.98. The molecule has 1 atom stereocenters. The third-order valence-corrected chi connectivity index (χ3v) is 4.10. The van der Waals surface area contributed by atoms with Crippen LogP contribution in [0.1, 0.15) is 40.7 Å². The predicted molar refractivity (Wildman–Crippen MR) is 84.9 cm³/mol. The highest BCUT2D eigenvalue weighted by Gasteiger charge is 2.33. The van der Waals surface area contributed by atoms with Crippen molar-refractivity contribution in [1.82, 2.24) is 0 Å². The number of Topliss-reactive ketones (excluding diaryl/α,β-unsaturated/α-hetero) is 1. The number of aromatic hydroxyl groups is 2. The third-order valence-electron chi connectivity index (χ3n) is 4.10. The van der Waals surface area contributed by atoms with Gasteiger partial charge in [-0.15, -0.1) is 0 Å². The summed E-state index contributed by atoms with van der Waals surface area (Å²) in [7, 11) is 1.44. The van der Waals surface area contributed by atoms with Gasteiger partial charge in [-0.25, -0.2) is 0 Å². The van der Waals surface area contributed by atoms with Crippen LogP contribution in [0.25, 0.3) is 0 Å². The summed E-state index contributed by atoms with van der Waals surface area (Å²) in [5, 5.41) is 20.5. The number of hydrogen-bond donors (Lipinski definition) is 2. The summed E-state index contributed by atoms with van der Waals surface area (Å²) in [5.41, 5.74) is 1.14. The lowest BCUT2D eigenvalue weighted by Crippen LogP contribution is -2.21. The van der Waals surface area contributed by atoms with Crippen LogP contribution in [0.15, 0.2) is 30.3 Å². The van der Waals surface area contributed by atoms with Gasteiger partial charge in [0.05, 0.1) is 19.1 Å². The number of esters is 1. The molecule has 1 aliphatic heterocycles. The maximum atomic E-state index is 11.9. The van der Waals surface area contributed by atoms with Gasteiger partial charge in [-0.2, -0.15) is 0 Å². The van der Waals surface area contributed by atoms with E-state index in [1.54, 1.807) is 12.1 Å². The van der Waals surface area contributed by atoms with Crippen LogP contribution in [-0.2, 0) is 4.79 Å². The van der Waals surface area contributed by atoms with Crippen LogP contribution < -0.4 is 9.47 Å². The fourth-order valence-corrected chi connectivity index (χ4v) is 2.94. The van der Waals surface area contributed by atoms with Crippen molar-refractivity contribution in [1.29, 1.82) is 0 Å². The standard InChI is InChI=1S/C18H16O6/c1-9(19)11-4-6-15-17(18(11)22)12(8-16(21)24-15)10-3-5-14(23-2)13(20)7-10/h3-7,12,20,22H,8H2,1-2H3/t12-/m1/s1. The van der Waals surface area contributed by atoms with Gasteiger partial charge in [0.2, 0.25) is 0 Å². The highest BCUT2D eigenvalue weighted by atomic mass is 16.5. The number of rotatable bonds is 3. The molecule has 24 heavy (non-hydrogen) atoms. The Balaban J connectivity index is 2.17. The van der Waals surface area contributed by atoms with Crippen molar-refractivity contribution in [3.05, 3.63) is 47.0 Å². The summed E-state index contributed by atoms with van der Waals surface area (Å²) >= 11 is 0. The van der Waals surface area contributed by atoms with Crippen molar-refractivity contribution < 1.29 is 29.3 Å². The molecule has 2 N–H and O–H groups in total. The molecule has 0 fully saturated rings. The Morgan fingerprint density at radius 3 is 2.62 bits per heavy atom. The van der Waals surface area contributed by atoms with Gasteiger partial charge in [0.15, 0.2) is 17.3 Å². The lowest BCUT2D eigenvalue weighted by molar-refractivity contribution is -0.135. The molecule has 124 valence electrons. The smallest absolute Gasteiger partial charge is 0.312 e. The number of phenols is 2. The van der Waals surface area contributed by atoms with Gasteiger partial charge >= 0.3 is 5.97 Å². The lowest BCUT2D eigenvalue weighted by atomic mass is 9.84. The minimum Gasteiger partial charge on any atom is -0.507 e. The van der Waals surface area contributed by atoms with Gasteiger partial charge in [-0.3, -0.25) is 9.59 Å². The van der Waals surface area contributed by atoms with E-state index in [-0.39, 0.29) is 35.0 Å². The Morgan fingerprint density at radius 1 is 1.25 bits per heavy atom. The number of phenolic OH excluding ortho intramolecular Hbond substituents is 2. The van der Waals surface area contributed by atoms with E-state index < -0.39 is 11.9 Å². The van der Waals surface area contributed by atoms with Gasteiger partial charge < -0.3 is 19.7 Å². The lowest BCUT2D eigenvalue weighted by Gasteiger charge is -2.26. The minimum atomic E-state index is -0.530. The number of ether oxygens (including phenoxy) is 2. The average Bonchev–Trinajstić information content (AvgIpc) is 2.53. The summed E-state index contributed by atoms with van der Waals surface area (Å²) in [5.74, 6) is -1.02. The molecule has 6 nitrogen and oxygen atoms in total. The molecule has 0 unspecified atom stereocenters. The van der Waals surface area contributed by atoms with Crippen molar-refractivity contribution in [3.63, 3.8) is 0 Å². The zero-order valence-electron chi connectivity index (χ0n) is 13.2. The largest absolute Gasteiger partial charge is 0.507 e. The van der Waals surface area contributed by atoms with Gasteiger partial charge in [0, 0.05) is 11.5 Å². The van der Waals surface area contributed by atoms with Crippen molar-refractivity contribution in [2.24, 2.45) is 0 Å². The molecule has 2 aromatic rings. The second kappa shape index (κ2) is 5.88. The molecule has 0 aromatic heterocycles. The number of methoxy groups -OCH3 is 1. The minimum absolute atomic E-state index is 0.00626. The second-order valence-electron chi connectivity index (χ2n) is 5.59. The Morgan fingerprint density at radius 2 is 2.00 bits per heavy atom. The first-order valence-corrected chi connectivity index (χ1v) is 7.36. The van der Waals surface area contributed by atoms with Crippen LogP contribution in [0.3, 0.4) is 0 Å². The molecule has 0 radical (unpaired) electrons. The van der Waals surface area contributed by atoms with E-state index in [1.165, 1.54) is 32.2 Å². The normalized spacial score (nSPS) is 16.2. The predicted octanol–water partition coefficient (Wildman–Crippen LogP) is 2.75. The van der Waals surface area contributed by atoms with Crippen LogP contribution in [0.2, 0.25) is 0 Å². The zero-order chi connectivity index (χ0) is 17.4. The maximum Gasteiger partial charge on any atom is 0.312 e. The molecular formula is C18H16O6. The Labute approximate surface area is 138 Å². The molecule has 0 saturated carbocycles. The molecule has 1 heterocycles. The average molecular weight is 328 g/mol. The number of fused-ring (bicyclic) bond motifs is 1. The Hall–Kier alpha value is -3.02. The van der Waals surface area contributed by atoms with Gasteiger partial charge in [0.1, 0.15) is 11.5 Å². The quantitative estimate of drug-likeness (QED) is 0.511. The van der Waals surface area contributed by atoms with Crippen molar-refractivity contribution in [2.75, 3.05) is 7.11 Å². The van der Waals surface area contributed by atoms with Gasteiger partial charge in [-0.1, -0.05) is 6.07 Å². The molecule has 2 aromatic carbocycles. The maximum absolute atomic E-state index is 11.9. The van der Waals surface area contributed by atoms with Crippen molar-refractivity contribution >= 4 is 11.8 Å². The highest BCUT2D eigenvalue weighted by Crippen LogP contribution is 2.46. The van der Waals surface area contributed by atoms with E-state index in [1.807, 2.05) is 0 Å². The number of ketones is 1. The van der Waals surface area contributed by atoms with Crippen LogP contribution in [-0.4, -0.2) is 29.1 Å². The fraction of sp³-hybridized carbons (Fsp3) is 0.222. The van der Waals surface area contributed by atoms with E-state index in [2.05, 4.69) is 0 Å². The summed E-state index contributed by atoms with van der Waals surface area (Å²) in [4.78, 5) is 23.6. The summed E-state index contributed by atoms with van der Waals surface area (Å²) in [6.07, 6.45) is -0.00626. The van der Waals surface area contributed by atoms with Crippen LogP contribution in [0, 0.1) is 0 Å². The molecular weight excluding hydrogens is 312 g/mol. The first-order chi connectivity index (χ1) is 11.4. The molecule has 0 saturated heterocycles. The first kappa shape index (κ1) is 15.9. The van der Waals surface area contributed by atoms with Gasteiger partial charge in [0.25, 0.3) is 0 Å². The zero-order valence-corrected chi connectivity index (χ0v) is 13.2. The molecule has 0 spiro atoms. The SMILES string of the molecule is COc1ccc([C@H]2CC(=O)Oc3ccc(C(C)=O)c(O)c32)cc1O. The van der Waals surface area contributed by atoms with E-state index in [4.69, 9.17) is 9.47 Å². The number of benzene rings is 2. The van der Waals surface area contributed by atoms with Crippen molar-refractivity contribution in [3.8, 4) is 23.0 Å². The topological polar surface area (TPSA) is 93.1 Å². The second-order valence-corrected chi connectivity index (χ2v) is 5.59. The molecule has 3 rings (SSSR count). The third kappa shape index (κ3) is 2.56. The molecule has 0 bridgehead atoms. The van der Waals surface area contributed by atoms with Gasteiger partial charge in [-0.05, 0) is 36.8 Å². The van der Waals surface area contributed by atoms with Crippen LogP contribution in [0.4, 0.5) is 0 Å². The summed E-state index contributed by atoms with van der Waals surface area (Å²) in [6, 6.07) is 7.68.